The zero-order valence-corrected chi connectivity index (χ0v) is 10.6. The van der Waals surface area contributed by atoms with Crippen molar-refractivity contribution in [1.29, 1.82) is 0 Å². The van der Waals surface area contributed by atoms with Gasteiger partial charge in [-0.2, -0.15) is 5.06 Å². The highest BCUT2D eigenvalue weighted by Crippen LogP contribution is 1.98. The van der Waals surface area contributed by atoms with Gasteiger partial charge in [-0.25, -0.2) is 9.59 Å². The predicted octanol–water partition coefficient (Wildman–Crippen LogP) is 0.917. The smallest absolute Gasteiger partial charge is 0.358 e. The minimum Gasteiger partial charge on any atom is -0.481 e. The number of nitrogens with zero attached hydrogens (tertiary/aromatic N) is 1. The summed E-state index contributed by atoms with van der Waals surface area (Å²) in [4.78, 5) is 37.8. The third-order valence-electron chi connectivity index (χ3n) is 1.90. The lowest BCUT2D eigenvalue weighted by molar-refractivity contribution is -0.170. The third kappa shape index (κ3) is 6.51. The lowest BCUT2D eigenvalue weighted by atomic mass is 10.3. The van der Waals surface area contributed by atoms with Gasteiger partial charge in [0.05, 0.1) is 6.54 Å². The molecule has 0 saturated carbocycles. The molecule has 0 aliphatic heterocycles. The van der Waals surface area contributed by atoms with Gasteiger partial charge in [0.2, 0.25) is 0 Å². The van der Waals surface area contributed by atoms with Crippen LogP contribution in [0.5, 0.6) is 0 Å². The Hall–Kier alpha value is -2.05. The Morgan fingerprint density at radius 2 is 2.00 bits per heavy atom. The molecule has 2 N–H and O–H groups in total. The average Bonchev–Trinajstić information content (AvgIpc) is 2.30. The number of hydrogen-bond donors (Lipinski definition) is 2. The first-order valence-corrected chi connectivity index (χ1v) is 5.53. The molecule has 0 unspecified atom stereocenters. The number of hydroxylamine groups is 2. The summed E-state index contributed by atoms with van der Waals surface area (Å²) in [5.74, 6) is -1.61. The van der Waals surface area contributed by atoms with Crippen LogP contribution in [0.2, 0.25) is 0 Å². The fraction of sp³-hybridized carbons (Fsp3) is 0.545. The van der Waals surface area contributed by atoms with E-state index in [1.165, 1.54) is 6.92 Å². The normalized spacial score (nSPS) is 9.44. The van der Waals surface area contributed by atoms with E-state index in [1.807, 2.05) is 0 Å². The maximum atomic E-state index is 11.5. The molecule has 0 heterocycles. The fourth-order valence-electron chi connectivity index (χ4n) is 0.951. The number of carbonyl (C=O) groups is 3. The molecule has 0 spiro atoms. The number of amides is 2. The Labute approximate surface area is 105 Å². The van der Waals surface area contributed by atoms with Crippen molar-refractivity contribution < 1.29 is 24.3 Å². The molecule has 18 heavy (non-hydrogen) atoms. The van der Waals surface area contributed by atoms with Crippen LogP contribution in [0.15, 0.2) is 12.2 Å². The van der Waals surface area contributed by atoms with E-state index in [-0.39, 0.29) is 25.1 Å². The van der Waals surface area contributed by atoms with E-state index < -0.39 is 18.0 Å². The molecule has 2 amide bonds. The summed E-state index contributed by atoms with van der Waals surface area (Å²) in [7, 11) is 0. The van der Waals surface area contributed by atoms with Crippen molar-refractivity contribution in [2.75, 3.05) is 13.1 Å². The summed E-state index contributed by atoms with van der Waals surface area (Å²) in [6.07, 6.45) is 0.283. The van der Waals surface area contributed by atoms with Crippen LogP contribution in [0, 0.1) is 0 Å². The molecule has 0 aromatic heterocycles. The van der Waals surface area contributed by atoms with Gasteiger partial charge in [0, 0.05) is 18.5 Å². The van der Waals surface area contributed by atoms with Crippen LogP contribution in [0.4, 0.5) is 4.79 Å². The lowest BCUT2D eigenvalue weighted by Crippen LogP contribution is -2.41. The van der Waals surface area contributed by atoms with Gasteiger partial charge in [-0.3, -0.25) is 4.79 Å². The minimum atomic E-state index is -0.926. The predicted molar refractivity (Wildman–Crippen MR) is 63.6 cm³/mol. The number of carbonyl (C=O) groups excluding carboxylic acids is 2. The van der Waals surface area contributed by atoms with Crippen LogP contribution in [-0.4, -0.2) is 41.2 Å². The Bertz CT molecular complexity index is 340. The SMILES string of the molecule is C=C(C)C(=O)ON(CC)C(=O)NCCCC(=O)O. The summed E-state index contributed by atoms with van der Waals surface area (Å²) in [6, 6.07) is -0.586. The first kappa shape index (κ1) is 16.0. The Morgan fingerprint density at radius 1 is 1.39 bits per heavy atom. The van der Waals surface area contributed by atoms with Crippen molar-refractivity contribution >= 4 is 18.0 Å². The van der Waals surface area contributed by atoms with Crippen LogP contribution >= 0.6 is 0 Å². The van der Waals surface area contributed by atoms with Crippen LogP contribution in [0.3, 0.4) is 0 Å². The van der Waals surface area contributed by atoms with Crippen LogP contribution in [0.1, 0.15) is 26.7 Å². The molecule has 0 aliphatic rings. The Morgan fingerprint density at radius 3 is 2.44 bits per heavy atom. The first-order chi connectivity index (χ1) is 8.38. The summed E-state index contributed by atoms with van der Waals surface area (Å²) in [5.41, 5.74) is 0.187. The van der Waals surface area contributed by atoms with Gasteiger partial charge in [0.25, 0.3) is 0 Å². The van der Waals surface area contributed by atoms with Crippen molar-refractivity contribution in [3.05, 3.63) is 12.2 Å². The van der Waals surface area contributed by atoms with E-state index in [0.717, 1.165) is 5.06 Å². The summed E-state index contributed by atoms with van der Waals surface area (Å²) in [6.45, 7) is 6.90. The van der Waals surface area contributed by atoms with E-state index in [9.17, 15) is 14.4 Å². The number of aliphatic carboxylic acids is 1. The van der Waals surface area contributed by atoms with Crippen molar-refractivity contribution in [3.8, 4) is 0 Å². The van der Waals surface area contributed by atoms with Crippen molar-refractivity contribution in [2.24, 2.45) is 0 Å². The second-order valence-electron chi connectivity index (χ2n) is 3.58. The van der Waals surface area contributed by atoms with Gasteiger partial charge in [0.1, 0.15) is 0 Å². The topological polar surface area (TPSA) is 95.9 Å². The minimum absolute atomic E-state index is 0.0298. The second-order valence-corrected chi connectivity index (χ2v) is 3.58. The zero-order valence-electron chi connectivity index (χ0n) is 10.6. The van der Waals surface area contributed by atoms with Gasteiger partial charge in [0.15, 0.2) is 0 Å². The standard InChI is InChI=1S/C11H18N2O5/c1-4-13(18-10(16)8(2)3)11(17)12-7-5-6-9(14)15/h2,4-7H2,1,3H3,(H,12,17)(H,14,15). The Kier molecular flexibility index (Phi) is 7.18. The first-order valence-electron chi connectivity index (χ1n) is 5.53. The highest BCUT2D eigenvalue weighted by Gasteiger charge is 2.16. The lowest BCUT2D eigenvalue weighted by Gasteiger charge is -2.19. The van der Waals surface area contributed by atoms with Crippen molar-refractivity contribution in [1.82, 2.24) is 10.4 Å². The summed E-state index contributed by atoms with van der Waals surface area (Å²) >= 11 is 0. The number of nitrogens with one attached hydrogen (secondary N) is 1. The monoisotopic (exact) mass is 258 g/mol. The molecular weight excluding hydrogens is 240 g/mol. The highest BCUT2D eigenvalue weighted by atomic mass is 16.7. The number of carboxylic acid groups (broad SMARTS) is 1. The van der Waals surface area contributed by atoms with E-state index >= 15 is 0 Å². The third-order valence-corrected chi connectivity index (χ3v) is 1.90. The maximum Gasteiger partial charge on any atom is 0.358 e. The number of rotatable bonds is 6. The van der Waals surface area contributed by atoms with Crippen molar-refractivity contribution in [3.63, 3.8) is 0 Å². The molecule has 0 fully saturated rings. The molecule has 0 rings (SSSR count). The quantitative estimate of drug-likeness (QED) is 0.419. The van der Waals surface area contributed by atoms with E-state index in [0.29, 0.717) is 6.42 Å². The highest BCUT2D eigenvalue weighted by molar-refractivity contribution is 5.88. The fourth-order valence-corrected chi connectivity index (χ4v) is 0.951. The molecular formula is C11H18N2O5. The molecule has 0 bridgehead atoms. The molecule has 0 radical (unpaired) electrons. The van der Waals surface area contributed by atoms with Gasteiger partial charge in [-0.05, 0) is 20.3 Å². The number of urea groups is 1. The van der Waals surface area contributed by atoms with Crippen LogP contribution < -0.4 is 5.32 Å². The Balaban J connectivity index is 4.07. The maximum absolute atomic E-state index is 11.5. The summed E-state index contributed by atoms with van der Waals surface area (Å²) in [5, 5.41) is 11.7. The molecule has 0 saturated heterocycles. The van der Waals surface area contributed by atoms with Crippen LogP contribution in [0.25, 0.3) is 0 Å². The van der Waals surface area contributed by atoms with Gasteiger partial charge in [-0.15, -0.1) is 0 Å². The molecule has 0 aliphatic carbocycles. The zero-order chi connectivity index (χ0) is 14.1. The average molecular weight is 258 g/mol. The molecule has 7 nitrogen and oxygen atoms in total. The molecule has 102 valence electrons. The molecule has 0 aromatic rings. The summed E-state index contributed by atoms with van der Waals surface area (Å²) < 4.78 is 0. The molecule has 7 heteroatoms. The van der Waals surface area contributed by atoms with E-state index in [4.69, 9.17) is 9.94 Å². The van der Waals surface area contributed by atoms with Gasteiger partial charge in [-0.1, -0.05) is 6.58 Å². The molecule has 0 aromatic carbocycles. The van der Waals surface area contributed by atoms with Gasteiger partial charge >= 0.3 is 18.0 Å². The van der Waals surface area contributed by atoms with Gasteiger partial charge < -0.3 is 15.3 Å². The second kappa shape index (κ2) is 8.10. The van der Waals surface area contributed by atoms with E-state index in [2.05, 4.69) is 11.9 Å². The van der Waals surface area contributed by atoms with Crippen molar-refractivity contribution in [2.45, 2.75) is 26.7 Å². The van der Waals surface area contributed by atoms with Crippen LogP contribution in [-0.2, 0) is 14.4 Å². The number of hydrogen-bond acceptors (Lipinski definition) is 4. The number of carboxylic acids is 1. The molecule has 0 atom stereocenters. The van der Waals surface area contributed by atoms with E-state index in [1.54, 1.807) is 6.92 Å². The largest absolute Gasteiger partial charge is 0.481 e.